The Labute approximate surface area is 111 Å². The highest BCUT2D eigenvalue weighted by Crippen LogP contribution is 2.49. The van der Waals surface area contributed by atoms with Gasteiger partial charge in [-0.15, -0.1) is 12.4 Å². The Hall–Kier alpha value is -0.280. The van der Waals surface area contributed by atoms with Crippen LogP contribution in [0.3, 0.4) is 0 Å². The first-order chi connectivity index (χ1) is 7.56. The predicted molar refractivity (Wildman–Crippen MR) is 72.3 cm³/mol. The summed E-state index contributed by atoms with van der Waals surface area (Å²) in [6, 6.07) is 0.364. The van der Waals surface area contributed by atoms with Gasteiger partial charge in [-0.3, -0.25) is 4.79 Å². The molecule has 2 fully saturated rings. The van der Waals surface area contributed by atoms with Crippen LogP contribution < -0.4 is 5.32 Å². The molecule has 3 nitrogen and oxygen atoms in total. The highest BCUT2D eigenvalue weighted by molar-refractivity contribution is 5.85. The Balaban J connectivity index is 0.00000144. The van der Waals surface area contributed by atoms with Gasteiger partial charge in [-0.2, -0.15) is 0 Å². The minimum atomic E-state index is 0. The number of amides is 1. The summed E-state index contributed by atoms with van der Waals surface area (Å²) in [5.74, 6) is 2.76. The lowest BCUT2D eigenvalue weighted by molar-refractivity contribution is -0.122. The molecule has 0 saturated heterocycles. The molecule has 4 unspecified atom stereocenters. The number of carbonyl (C=O) groups excluding carboxylic acids is 1. The number of hydrogen-bond donors (Lipinski definition) is 1. The second kappa shape index (κ2) is 6.05. The molecule has 0 aromatic rings. The largest absolute Gasteiger partial charge is 0.352 e. The van der Waals surface area contributed by atoms with E-state index in [1.54, 1.807) is 0 Å². The zero-order valence-electron chi connectivity index (χ0n) is 11.1. The first-order valence-corrected chi connectivity index (χ1v) is 6.50. The van der Waals surface area contributed by atoms with Crippen LogP contribution >= 0.6 is 12.4 Å². The summed E-state index contributed by atoms with van der Waals surface area (Å²) in [7, 11) is 3.86. The quantitative estimate of drug-likeness (QED) is 0.838. The van der Waals surface area contributed by atoms with E-state index >= 15 is 0 Å². The van der Waals surface area contributed by atoms with Gasteiger partial charge in [0.05, 0.1) is 6.54 Å². The highest BCUT2D eigenvalue weighted by atomic mass is 35.5. The SMILES string of the molecule is CC(NC(=O)CN(C)C)C1CC2CCC1C2.Cl. The number of carbonyl (C=O) groups is 1. The van der Waals surface area contributed by atoms with Crippen molar-refractivity contribution < 1.29 is 4.79 Å². The summed E-state index contributed by atoms with van der Waals surface area (Å²) < 4.78 is 0. The molecule has 0 aromatic carbocycles. The Bertz CT molecular complexity index is 270. The number of nitrogens with one attached hydrogen (secondary N) is 1. The fraction of sp³-hybridized carbons (Fsp3) is 0.923. The van der Waals surface area contributed by atoms with E-state index in [0.717, 1.165) is 17.8 Å². The number of hydrogen-bond acceptors (Lipinski definition) is 2. The molecule has 0 heterocycles. The van der Waals surface area contributed by atoms with Crippen molar-refractivity contribution in [1.29, 1.82) is 0 Å². The molecule has 17 heavy (non-hydrogen) atoms. The van der Waals surface area contributed by atoms with Gasteiger partial charge >= 0.3 is 0 Å². The Morgan fingerprint density at radius 1 is 1.35 bits per heavy atom. The van der Waals surface area contributed by atoms with Crippen molar-refractivity contribution in [2.24, 2.45) is 17.8 Å². The molecule has 100 valence electrons. The van der Waals surface area contributed by atoms with Gasteiger partial charge in [0.2, 0.25) is 5.91 Å². The predicted octanol–water partition coefficient (Wildman–Crippen LogP) is 1.91. The van der Waals surface area contributed by atoms with Gasteiger partial charge in [0.15, 0.2) is 0 Å². The molecule has 2 aliphatic carbocycles. The molecule has 4 atom stereocenters. The maximum Gasteiger partial charge on any atom is 0.234 e. The monoisotopic (exact) mass is 260 g/mol. The number of nitrogens with zero attached hydrogens (tertiary/aromatic N) is 1. The van der Waals surface area contributed by atoms with Crippen molar-refractivity contribution in [3.05, 3.63) is 0 Å². The van der Waals surface area contributed by atoms with Crippen LogP contribution in [0.4, 0.5) is 0 Å². The van der Waals surface area contributed by atoms with Gasteiger partial charge in [0, 0.05) is 6.04 Å². The van der Waals surface area contributed by atoms with Crippen LogP contribution in [0.2, 0.25) is 0 Å². The van der Waals surface area contributed by atoms with E-state index in [4.69, 9.17) is 0 Å². The van der Waals surface area contributed by atoms with E-state index in [1.165, 1.54) is 25.7 Å². The third-order valence-corrected chi connectivity index (χ3v) is 4.28. The van der Waals surface area contributed by atoms with Crippen molar-refractivity contribution >= 4 is 18.3 Å². The van der Waals surface area contributed by atoms with E-state index in [2.05, 4.69) is 12.2 Å². The molecule has 0 aromatic heterocycles. The molecule has 2 saturated carbocycles. The number of halogens is 1. The average Bonchev–Trinajstić information content (AvgIpc) is 2.76. The lowest BCUT2D eigenvalue weighted by atomic mass is 9.84. The average molecular weight is 261 g/mol. The first kappa shape index (κ1) is 14.8. The molecule has 0 aliphatic heterocycles. The summed E-state index contributed by atoms with van der Waals surface area (Å²) in [5, 5.41) is 3.16. The van der Waals surface area contributed by atoms with Gasteiger partial charge in [-0.25, -0.2) is 0 Å². The minimum absolute atomic E-state index is 0. The molecule has 0 radical (unpaired) electrons. The van der Waals surface area contributed by atoms with Crippen molar-refractivity contribution in [1.82, 2.24) is 10.2 Å². The third-order valence-electron chi connectivity index (χ3n) is 4.28. The zero-order valence-corrected chi connectivity index (χ0v) is 11.9. The summed E-state index contributed by atoms with van der Waals surface area (Å²) in [4.78, 5) is 13.6. The number of fused-ring (bicyclic) bond motifs is 2. The molecule has 0 spiro atoms. The normalized spacial score (nSPS) is 32.4. The Morgan fingerprint density at radius 3 is 2.53 bits per heavy atom. The van der Waals surface area contributed by atoms with E-state index in [9.17, 15) is 4.79 Å². The van der Waals surface area contributed by atoms with E-state index in [-0.39, 0.29) is 18.3 Å². The van der Waals surface area contributed by atoms with Crippen LogP contribution in [0, 0.1) is 17.8 Å². The maximum absolute atomic E-state index is 11.7. The van der Waals surface area contributed by atoms with Crippen molar-refractivity contribution in [2.45, 2.75) is 38.6 Å². The third kappa shape index (κ3) is 3.59. The maximum atomic E-state index is 11.7. The number of likely N-dealkylation sites (N-methyl/N-ethyl adjacent to an activating group) is 1. The topological polar surface area (TPSA) is 32.3 Å². The van der Waals surface area contributed by atoms with Crippen LogP contribution in [0.5, 0.6) is 0 Å². The van der Waals surface area contributed by atoms with E-state index in [0.29, 0.717) is 12.6 Å². The first-order valence-electron chi connectivity index (χ1n) is 6.50. The second-order valence-electron chi connectivity index (χ2n) is 5.93. The molecular weight excluding hydrogens is 236 g/mol. The van der Waals surface area contributed by atoms with Crippen molar-refractivity contribution in [2.75, 3.05) is 20.6 Å². The Kier molecular flexibility index (Phi) is 5.26. The second-order valence-corrected chi connectivity index (χ2v) is 5.93. The molecule has 2 aliphatic rings. The summed E-state index contributed by atoms with van der Waals surface area (Å²) in [6.07, 6.45) is 5.58. The molecule has 2 bridgehead atoms. The zero-order chi connectivity index (χ0) is 11.7. The van der Waals surface area contributed by atoms with Crippen LogP contribution in [-0.2, 0) is 4.79 Å². The van der Waals surface area contributed by atoms with Gasteiger partial charge < -0.3 is 10.2 Å². The molecule has 4 heteroatoms. The lowest BCUT2D eigenvalue weighted by Crippen LogP contribution is -2.43. The highest BCUT2D eigenvalue weighted by Gasteiger charge is 2.42. The summed E-state index contributed by atoms with van der Waals surface area (Å²) in [6.45, 7) is 2.68. The van der Waals surface area contributed by atoms with Gasteiger partial charge in [-0.05, 0) is 58.0 Å². The molecule has 1 amide bonds. The fourth-order valence-corrected chi connectivity index (χ4v) is 3.60. The van der Waals surface area contributed by atoms with Gasteiger partial charge in [-0.1, -0.05) is 6.42 Å². The van der Waals surface area contributed by atoms with Crippen LogP contribution in [0.15, 0.2) is 0 Å². The van der Waals surface area contributed by atoms with Crippen molar-refractivity contribution in [3.63, 3.8) is 0 Å². The van der Waals surface area contributed by atoms with E-state index in [1.807, 2.05) is 19.0 Å². The number of rotatable bonds is 4. The molecular formula is C13H25ClN2O. The smallest absolute Gasteiger partial charge is 0.234 e. The fourth-order valence-electron chi connectivity index (χ4n) is 3.60. The van der Waals surface area contributed by atoms with Crippen LogP contribution in [0.1, 0.15) is 32.6 Å². The van der Waals surface area contributed by atoms with Crippen LogP contribution in [-0.4, -0.2) is 37.5 Å². The van der Waals surface area contributed by atoms with Gasteiger partial charge in [0.25, 0.3) is 0 Å². The standard InChI is InChI=1S/C13H24N2O.ClH/c1-9(14-13(16)8-15(2)3)12-7-10-4-5-11(12)6-10;/h9-12H,4-8H2,1-3H3,(H,14,16);1H. The summed E-state index contributed by atoms with van der Waals surface area (Å²) in [5.41, 5.74) is 0. The van der Waals surface area contributed by atoms with Crippen molar-refractivity contribution in [3.8, 4) is 0 Å². The van der Waals surface area contributed by atoms with E-state index < -0.39 is 0 Å². The molecule has 1 N–H and O–H groups in total. The van der Waals surface area contributed by atoms with Crippen LogP contribution in [0.25, 0.3) is 0 Å². The Morgan fingerprint density at radius 2 is 2.06 bits per heavy atom. The summed E-state index contributed by atoms with van der Waals surface area (Å²) >= 11 is 0. The molecule has 2 rings (SSSR count). The lowest BCUT2D eigenvalue weighted by Gasteiger charge is -2.28. The minimum Gasteiger partial charge on any atom is -0.352 e. The van der Waals surface area contributed by atoms with Gasteiger partial charge in [0.1, 0.15) is 0 Å².